The highest BCUT2D eigenvalue weighted by Gasteiger charge is 2.17. The third kappa shape index (κ3) is 2.68. The number of carbonyl (C=O) groups is 1. The Balaban J connectivity index is 2.96. The molecule has 0 aliphatic carbocycles. The van der Waals surface area contributed by atoms with E-state index < -0.39 is 23.9 Å². The SMILES string of the molecule is CCOC(=O)c1ccc(C(F)F)c(F)n1. The predicted molar refractivity (Wildman–Crippen MR) is 45.1 cm³/mol. The van der Waals surface area contributed by atoms with Gasteiger partial charge in [0.15, 0.2) is 5.69 Å². The summed E-state index contributed by atoms with van der Waals surface area (Å²) in [7, 11) is 0. The van der Waals surface area contributed by atoms with E-state index in [0.717, 1.165) is 12.1 Å². The van der Waals surface area contributed by atoms with Crippen LogP contribution >= 0.6 is 0 Å². The molecule has 6 heteroatoms. The molecule has 1 rings (SSSR count). The van der Waals surface area contributed by atoms with Crippen LogP contribution in [0.3, 0.4) is 0 Å². The van der Waals surface area contributed by atoms with Crippen LogP contribution in [-0.2, 0) is 4.74 Å². The summed E-state index contributed by atoms with van der Waals surface area (Å²) in [5.41, 5.74) is -1.15. The minimum Gasteiger partial charge on any atom is -0.461 e. The van der Waals surface area contributed by atoms with Crippen molar-refractivity contribution in [2.24, 2.45) is 0 Å². The van der Waals surface area contributed by atoms with Crippen LogP contribution in [0.2, 0.25) is 0 Å². The monoisotopic (exact) mass is 219 g/mol. The smallest absolute Gasteiger partial charge is 0.357 e. The Hall–Kier alpha value is -1.59. The number of aromatic nitrogens is 1. The lowest BCUT2D eigenvalue weighted by atomic mass is 10.2. The average Bonchev–Trinajstić information content (AvgIpc) is 2.17. The fourth-order valence-corrected chi connectivity index (χ4v) is 0.927. The van der Waals surface area contributed by atoms with Gasteiger partial charge in [0.25, 0.3) is 6.43 Å². The maximum Gasteiger partial charge on any atom is 0.357 e. The number of carbonyl (C=O) groups excluding carboxylic acids is 1. The van der Waals surface area contributed by atoms with E-state index in [4.69, 9.17) is 0 Å². The van der Waals surface area contributed by atoms with Crippen LogP contribution in [0.1, 0.15) is 29.4 Å². The first kappa shape index (κ1) is 11.5. The second-order valence-corrected chi connectivity index (χ2v) is 2.60. The summed E-state index contributed by atoms with van der Waals surface area (Å²) < 4.78 is 41.7. The Kier molecular flexibility index (Phi) is 3.65. The van der Waals surface area contributed by atoms with Crippen LogP contribution in [-0.4, -0.2) is 17.6 Å². The molecule has 0 amide bonds. The Morgan fingerprint density at radius 3 is 2.67 bits per heavy atom. The van der Waals surface area contributed by atoms with Crippen LogP contribution in [0.25, 0.3) is 0 Å². The molecule has 1 aromatic rings. The molecule has 0 unspecified atom stereocenters. The standard InChI is InChI=1S/C9H8F3NO2/c1-2-15-9(14)6-4-3-5(7(10)11)8(12)13-6/h3-4,7H,2H2,1H3. The number of esters is 1. The van der Waals surface area contributed by atoms with Crippen molar-refractivity contribution in [3.63, 3.8) is 0 Å². The molecule has 0 aliphatic heterocycles. The molecule has 3 nitrogen and oxygen atoms in total. The summed E-state index contributed by atoms with van der Waals surface area (Å²) in [6, 6.07) is 1.82. The molecular formula is C9H8F3NO2. The highest BCUT2D eigenvalue weighted by atomic mass is 19.3. The number of ether oxygens (including phenoxy) is 1. The summed E-state index contributed by atoms with van der Waals surface area (Å²) >= 11 is 0. The molecular weight excluding hydrogens is 211 g/mol. The lowest BCUT2D eigenvalue weighted by Crippen LogP contribution is -2.09. The summed E-state index contributed by atoms with van der Waals surface area (Å²) in [4.78, 5) is 14.1. The van der Waals surface area contributed by atoms with E-state index in [9.17, 15) is 18.0 Å². The summed E-state index contributed by atoms with van der Waals surface area (Å²) in [5.74, 6) is -2.19. The first-order valence-electron chi connectivity index (χ1n) is 4.18. The molecule has 0 bridgehead atoms. The molecule has 0 saturated heterocycles. The van der Waals surface area contributed by atoms with Crippen LogP contribution in [0.4, 0.5) is 13.2 Å². The second kappa shape index (κ2) is 4.77. The number of nitrogens with zero attached hydrogens (tertiary/aromatic N) is 1. The molecule has 0 aliphatic rings. The minimum absolute atomic E-state index is 0.110. The predicted octanol–water partition coefficient (Wildman–Crippen LogP) is 2.33. The van der Waals surface area contributed by atoms with Crippen LogP contribution in [0.15, 0.2) is 12.1 Å². The van der Waals surface area contributed by atoms with Gasteiger partial charge in [-0.2, -0.15) is 4.39 Å². The molecule has 0 N–H and O–H groups in total. The zero-order valence-electron chi connectivity index (χ0n) is 7.84. The van der Waals surface area contributed by atoms with Crippen molar-refractivity contribution in [2.45, 2.75) is 13.3 Å². The van der Waals surface area contributed by atoms with Gasteiger partial charge in [-0.25, -0.2) is 18.6 Å². The van der Waals surface area contributed by atoms with Crippen molar-refractivity contribution in [3.8, 4) is 0 Å². The van der Waals surface area contributed by atoms with Crippen LogP contribution < -0.4 is 0 Å². The van der Waals surface area contributed by atoms with Gasteiger partial charge in [-0.1, -0.05) is 0 Å². The third-order valence-electron chi connectivity index (χ3n) is 1.60. The zero-order chi connectivity index (χ0) is 11.4. The maximum atomic E-state index is 12.9. The largest absolute Gasteiger partial charge is 0.461 e. The summed E-state index contributed by atoms with van der Waals surface area (Å²) in [5, 5.41) is 0. The van der Waals surface area contributed by atoms with Gasteiger partial charge in [-0.15, -0.1) is 0 Å². The van der Waals surface area contributed by atoms with Gasteiger partial charge in [0.1, 0.15) is 0 Å². The molecule has 0 spiro atoms. The molecule has 0 fully saturated rings. The van der Waals surface area contributed by atoms with Gasteiger partial charge in [-0.3, -0.25) is 0 Å². The Bertz CT molecular complexity index is 368. The van der Waals surface area contributed by atoms with Gasteiger partial charge in [0.2, 0.25) is 5.95 Å². The van der Waals surface area contributed by atoms with Crippen molar-refractivity contribution in [1.29, 1.82) is 0 Å². The van der Waals surface area contributed by atoms with Crippen molar-refractivity contribution in [3.05, 3.63) is 29.3 Å². The van der Waals surface area contributed by atoms with Crippen molar-refractivity contribution in [1.82, 2.24) is 4.98 Å². The zero-order valence-corrected chi connectivity index (χ0v) is 7.84. The number of hydrogen-bond donors (Lipinski definition) is 0. The van der Waals surface area contributed by atoms with E-state index in [1.54, 1.807) is 6.92 Å². The molecule has 0 aromatic carbocycles. The fourth-order valence-electron chi connectivity index (χ4n) is 0.927. The lowest BCUT2D eigenvalue weighted by Gasteiger charge is -2.03. The van der Waals surface area contributed by atoms with Gasteiger partial charge < -0.3 is 4.74 Å². The lowest BCUT2D eigenvalue weighted by molar-refractivity contribution is 0.0517. The number of halogens is 3. The Morgan fingerprint density at radius 2 is 2.20 bits per heavy atom. The molecule has 82 valence electrons. The molecule has 1 heterocycles. The molecule has 0 radical (unpaired) electrons. The average molecular weight is 219 g/mol. The van der Waals surface area contributed by atoms with E-state index in [0.29, 0.717) is 0 Å². The Labute approximate surface area is 83.9 Å². The molecule has 15 heavy (non-hydrogen) atoms. The van der Waals surface area contributed by atoms with Gasteiger partial charge in [0.05, 0.1) is 12.2 Å². The topological polar surface area (TPSA) is 39.2 Å². The van der Waals surface area contributed by atoms with Crippen molar-refractivity contribution >= 4 is 5.97 Å². The normalized spacial score (nSPS) is 10.5. The van der Waals surface area contributed by atoms with Crippen LogP contribution in [0, 0.1) is 5.95 Å². The summed E-state index contributed by atoms with van der Waals surface area (Å²) in [6.07, 6.45) is -2.95. The van der Waals surface area contributed by atoms with Crippen molar-refractivity contribution in [2.75, 3.05) is 6.61 Å². The van der Waals surface area contributed by atoms with E-state index in [1.807, 2.05) is 0 Å². The second-order valence-electron chi connectivity index (χ2n) is 2.60. The molecule has 0 atom stereocenters. The third-order valence-corrected chi connectivity index (χ3v) is 1.60. The van der Waals surface area contributed by atoms with Gasteiger partial charge >= 0.3 is 5.97 Å². The van der Waals surface area contributed by atoms with Gasteiger partial charge in [0, 0.05) is 0 Å². The van der Waals surface area contributed by atoms with Crippen molar-refractivity contribution < 1.29 is 22.7 Å². The Morgan fingerprint density at radius 1 is 1.53 bits per heavy atom. The number of hydrogen-bond acceptors (Lipinski definition) is 3. The fraction of sp³-hybridized carbons (Fsp3) is 0.333. The van der Waals surface area contributed by atoms with Gasteiger partial charge in [-0.05, 0) is 19.1 Å². The van der Waals surface area contributed by atoms with E-state index >= 15 is 0 Å². The molecule has 0 saturated carbocycles. The number of alkyl halides is 2. The van der Waals surface area contributed by atoms with E-state index in [-0.39, 0.29) is 12.3 Å². The highest BCUT2D eigenvalue weighted by molar-refractivity contribution is 5.87. The van der Waals surface area contributed by atoms with E-state index in [1.165, 1.54) is 0 Å². The quantitative estimate of drug-likeness (QED) is 0.578. The number of pyridine rings is 1. The molecule has 1 aromatic heterocycles. The maximum absolute atomic E-state index is 12.9. The number of rotatable bonds is 3. The first-order valence-corrected chi connectivity index (χ1v) is 4.18. The summed E-state index contributed by atoms with van der Waals surface area (Å²) in [6.45, 7) is 1.68. The van der Waals surface area contributed by atoms with Crippen LogP contribution in [0.5, 0.6) is 0 Å². The highest BCUT2D eigenvalue weighted by Crippen LogP contribution is 2.20. The van der Waals surface area contributed by atoms with E-state index in [2.05, 4.69) is 9.72 Å². The minimum atomic E-state index is -2.95. The first-order chi connectivity index (χ1) is 7.06.